The van der Waals surface area contributed by atoms with E-state index in [9.17, 15) is 12.8 Å². The minimum atomic E-state index is -4.08. The molecule has 6 nitrogen and oxygen atoms in total. The Kier molecular flexibility index (Phi) is 4.86. The van der Waals surface area contributed by atoms with Crippen molar-refractivity contribution in [2.45, 2.75) is 24.9 Å². The number of thiazole rings is 1. The molecule has 0 amide bonds. The summed E-state index contributed by atoms with van der Waals surface area (Å²) in [5.41, 5.74) is 0.723. The van der Waals surface area contributed by atoms with Crippen molar-refractivity contribution in [3.05, 3.63) is 35.2 Å². The summed E-state index contributed by atoms with van der Waals surface area (Å²) < 4.78 is 39.9. The first kappa shape index (κ1) is 15.8. The van der Waals surface area contributed by atoms with Crippen LogP contribution in [0.1, 0.15) is 25.6 Å². The summed E-state index contributed by atoms with van der Waals surface area (Å²) in [4.78, 5) is 7.74. The molecule has 0 aliphatic carbocycles. The first-order valence-corrected chi connectivity index (χ1v) is 8.62. The lowest BCUT2D eigenvalue weighted by Gasteiger charge is -2.08. The molecule has 9 heteroatoms. The average Bonchev–Trinajstić information content (AvgIpc) is 2.87. The van der Waals surface area contributed by atoms with E-state index in [0.29, 0.717) is 0 Å². The standard InChI is InChI=1S/C12H15FN4O2S2/c1-3-14-8(2)10-7-20-12(16-10)17-21(18,19)11-9(13)5-4-6-15-11/h4-8,14H,3H2,1-2H3,(H,16,17). The Labute approximate surface area is 126 Å². The molecule has 21 heavy (non-hydrogen) atoms. The number of sulfonamides is 1. The van der Waals surface area contributed by atoms with Crippen molar-refractivity contribution in [2.24, 2.45) is 0 Å². The molecule has 0 fully saturated rings. The number of halogens is 1. The van der Waals surface area contributed by atoms with Gasteiger partial charge in [0.1, 0.15) is 0 Å². The fourth-order valence-corrected chi connectivity index (χ4v) is 3.74. The lowest BCUT2D eigenvalue weighted by atomic mass is 10.3. The second kappa shape index (κ2) is 6.46. The largest absolute Gasteiger partial charge is 0.309 e. The Morgan fingerprint density at radius 3 is 2.90 bits per heavy atom. The fraction of sp³-hybridized carbons (Fsp3) is 0.333. The smallest absolute Gasteiger partial charge is 0.284 e. The van der Waals surface area contributed by atoms with Gasteiger partial charge in [0, 0.05) is 17.6 Å². The zero-order valence-electron chi connectivity index (χ0n) is 11.5. The van der Waals surface area contributed by atoms with E-state index in [4.69, 9.17) is 0 Å². The molecule has 2 aromatic rings. The second-order valence-corrected chi connectivity index (χ2v) is 6.71. The third-order valence-corrected chi connectivity index (χ3v) is 4.85. The van der Waals surface area contributed by atoms with Crippen LogP contribution in [0.25, 0.3) is 0 Å². The van der Waals surface area contributed by atoms with Crippen molar-refractivity contribution in [1.82, 2.24) is 15.3 Å². The van der Waals surface area contributed by atoms with Gasteiger partial charge in [0.25, 0.3) is 10.0 Å². The number of aromatic nitrogens is 2. The van der Waals surface area contributed by atoms with Crippen LogP contribution >= 0.6 is 11.3 Å². The highest BCUT2D eigenvalue weighted by Gasteiger charge is 2.22. The summed E-state index contributed by atoms with van der Waals surface area (Å²) in [6.07, 6.45) is 1.22. The third kappa shape index (κ3) is 3.74. The Bertz CT molecular complexity index is 718. The predicted molar refractivity (Wildman–Crippen MR) is 79.2 cm³/mol. The maximum atomic E-state index is 13.5. The quantitative estimate of drug-likeness (QED) is 0.848. The molecule has 0 bridgehead atoms. The molecule has 114 valence electrons. The highest BCUT2D eigenvalue weighted by molar-refractivity contribution is 7.92. The summed E-state index contributed by atoms with van der Waals surface area (Å²) in [6, 6.07) is 2.38. The summed E-state index contributed by atoms with van der Waals surface area (Å²) in [5.74, 6) is -0.900. The predicted octanol–water partition coefficient (Wildman–Crippen LogP) is 2.15. The van der Waals surface area contributed by atoms with Gasteiger partial charge in [-0.05, 0) is 25.6 Å². The minimum absolute atomic E-state index is 0.0103. The molecular formula is C12H15FN4O2S2. The summed E-state index contributed by atoms with van der Waals surface area (Å²) in [7, 11) is -4.08. The molecule has 0 aliphatic rings. The van der Waals surface area contributed by atoms with Gasteiger partial charge in [0.15, 0.2) is 10.9 Å². The van der Waals surface area contributed by atoms with E-state index < -0.39 is 20.9 Å². The van der Waals surface area contributed by atoms with Crippen LogP contribution < -0.4 is 10.0 Å². The summed E-state index contributed by atoms with van der Waals surface area (Å²) in [6.45, 7) is 4.67. The van der Waals surface area contributed by atoms with Crippen LogP contribution in [-0.4, -0.2) is 24.9 Å². The summed E-state index contributed by atoms with van der Waals surface area (Å²) in [5, 5.41) is 4.47. The first-order chi connectivity index (χ1) is 9.94. The van der Waals surface area contributed by atoms with Crippen molar-refractivity contribution < 1.29 is 12.8 Å². The number of hydrogen-bond donors (Lipinski definition) is 2. The zero-order chi connectivity index (χ0) is 15.5. The maximum absolute atomic E-state index is 13.5. The van der Waals surface area contributed by atoms with Crippen LogP contribution in [-0.2, 0) is 10.0 Å². The number of rotatable bonds is 6. The SMILES string of the molecule is CCNC(C)c1csc(NS(=O)(=O)c2ncccc2F)n1. The van der Waals surface area contributed by atoms with Crippen molar-refractivity contribution in [2.75, 3.05) is 11.3 Å². The Hall–Kier alpha value is -1.58. The molecule has 0 radical (unpaired) electrons. The molecule has 0 saturated carbocycles. The molecule has 2 aromatic heterocycles. The Morgan fingerprint density at radius 1 is 1.48 bits per heavy atom. The average molecular weight is 330 g/mol. The monoisotopic (exact) mass is 330 g/mol. The van der Waals surface area contributed by atoms with E-state index in [1.807, 2.05) is 13.8 Å². The van der Waals surface area contributed by atoms with Gasteiger partial charge < -0.3 is 5.32 Å². The lowest BCUT2D eigenvalue weighted by Crippen LogP contribution is -2.18. The van der Waals surface area contributed by atoms with E-state index >= 15 is 0 Å². The van der Waals surface area contributed by atoms with Gasteiger partial charge in [-0.25, -0.2) is 14.4 Å². The van der Waals surface area contributed by atoms with E-state index in [0.717, 1.165) is 29.6 Å². The van der Waals surface area contributed by atoms with Gasteiger partial charge in [-0.3, -0.25) is 4.72 Å². The number of nitrogens with zero attached hydrogens (tertiary/aromatic N) is 2. The summed E-state index contributed by atoms with van der Waals surface area (Å²) >= 11 is 1.14. The number of anilines is 1. The van der Waals surface area contributed by atoms with Crippen molar-refractivity contribution >= 4 is 26.5 Å². The molecule has 0 aliphatic heterocycles. The Balaban J connectivity index is 2.20. The maximum Gasteiger partial charge on any atom is 0.284 e. The molecule has 0 saturated heterocycles. The van der Waals surface area contributed by atoms with Crippen LogP contribution in [0.4, 0.5) is 9.52 Å². The highest BCUT2D eigenvalue weighted by Crippen LogP contribution is 2.23. The van der Waals surface area contributed by atoms with Gasteiger partial charge in [-0.15, -0.1) is 11.3 Å². The number of hydrogen-bond acceptors (Lipinski definition) is 6. The first-order valence-electron chi connectivity index (χ1n) is 6.26. The number of nitrogens with one attached hydrogen (secondary N) is 2. The van der Waals surface area contributed by atoms with E-state index in [1.54, 1.807) is 5.38 Å². The van der Waals surface area contributed by atoms with Gasteiger partial charge in [-0.1, -0.05) is 6.92 Å². The molecule has 2 N–H and O–H groups in total. The van der Waals surface area contributed by atoms with Crippen molar-refractivity contribution in [3.8, 4) is 0 Å². The number of pyridine rings is 1. The highest BCUT2D eigenvalue weighted by atomic mass is 32.2. The lowest BCUT2D eigenvalue weighted by molar-refractivity contribution is 0.556. The van der Waals surface area contributed by atoms with E-state index in [-0.39, 0.29) is 11.2 Å². The molecule has 1 unspecified atom stereocenters. The molecule has 0 spiro atoms. The molecule has 2 rings (SSSR count). The second-order valence-electron chi connectivity index (χ2n) is 4.25. The fourth-order valence-electron chi connectivity index (χ4n) is 1.67. The van der Waals surface area contributed by atoms with Crippen LogP contribution in [0.2, 0.25) is 0 Å². The van der Waals surface area contributed by atoms with Crippen LogP contribution in [0, 0.1) is 5.82 Å². The van der Waals surface area contributed by atoms with E-state index in [2.05, 4.69) is 20.0 Å². The molecule has 1 atom stereocenters. The van der Waals surface area contributed by atoms with Gasteiger partial charge in [0.2, 0.25) is 5.03 Å². The van der Waals surface area contributed by atoms with Gasteiger partial charge in [-0.2, -0.15) is 8.42 Å². The normalized spacial score (nSPS) is 13.1. The van der Waals surface area contributed by atoms with Crippen molar-refractivity contribution in [3.63, 3.8) is 0 Å². The minimum Gasteiger partial charge on any atom is -0.309 e. The topological polar surface area (TPSA) is 84.0 Å². The van der Waals surface area contributed by atoms with E-state index in [1.165, 1.54) is 12.3 Å². The van der Waals surface area contributed by atoms with Gasteiger partial charge in [0.05, 0.1) is 5.69 Å². The molecular weight excluding hydrogens is 315 g/mol. The van der Waals surface area contributed by atoms with Crippen molar-refractivity contribution in [1.29, 1.82) is 0 Å². The van der Waals surface area contributed by atoms with Crippen LogP contribution in [0.5, 0.6) is 0 Å². The van der Waals surface area contributed by atoms with Gasteiger partial charge >= 0.3 is 0 Å². The molecule has 0 aromatic carbocycles. The van der Waals surface area contributed by atoms with Crippen LogP contribution in [0.15, 0.2) is 28.7 Å². The Morgan fingerprint density at radius 2 is 2.24 bits per heavy atom. The third-order valence-electron chi connectivity index (χ3n) is 2.68. The zero-order valence-corrected chi connectivity index (χ0v) is 13.1. The molecule has 2 heterocycles. The van der Waals surface area contributed by atoms with Crippen LogP contribution in [0.3, 0.4) is 0 Å².